The van der Waals surface area contributed by atoms with Crippen LogP contribution in [0, 0.1) is 5.92 Å². The molecule has 0 aromatic heterocycles. The molecule has 3 atom stereocenters. The highest BCUT2D eigenvalue weighted by Gasteiger charge is 2.37. The number of fused-ring (bicyclic) bond motifs is 1. The number of amides is 2. The minimum Gasteiger partial charge on any atom is -0.353 e. The quantitative estimate of drug-likeness (QED) is 0.629. The molecule has 2 fully saturated rings. The molecule has 1 aliphatic carbocycles. The van der Waals surface area contributed by atoms with E-state index in [1.54, 1.807) is 12.1 Å². The lowest BCUT2D eigenvalue weighted by atomic mass is 9.85. The smallest absolute Gasteiger partial charge is 0.251 e. The normalized spacial score (nSPS) is 24.8. The van der Waals surface area contributed by atoms with Gasteiger partial charge in [0, 0.05) is 29.2 Å². The lowest BCUT2D eigenvalue weighted by Gasteiger charge is -2.24. The van der Waals surface area contributed by atoms with E-state index >= 15 is 0 Å². The molecular weight excluding hydrogens is 406 g/mol. The van der Waals surface area contributed by atoms with Crippen molar-refractivity contribution in [3.63, 3.8) is 0 Å². The average Bonchev–Trinajstić information content (AvgIpc) is 3.03. The molecule has 3 N–H and O–H groups in total. The van der Waals surface area contributed by atoms with E-state index in [0.29, 0.717) is 30.6 Å². The molecule has 1 saturated carbocycles. The van der Waals surface area contributed by atoms with Crippen LogP contribution in [0.3, 0.4) is 0 Å². The van der Waals surface area contributed by atoms with Crippen molar-refractivity contribution >= 4 is 40.2 Å². The Bertz CT molecular complexity index is 582. The Balaban J connectivity index is 0.00000225. The number of nitrogens with one attached hydrogen (secondary N) is 3. The van der Waals surface area contributed by atoms with Crippen molar-refractivity contribution in [3.05, 3.63) is 34.3 Å². The maximum Gasteiger partial charge on any atom is 0.251 e. The number of hydrogen-bond donors (Lipinski definition) is 3. The van der Waals surface area contributed by atoms with Crippen LogP contribution in [0.1, 0.15) is 42.5 Å². The molecule has 2 amide bonds. The number of hydrogen-bond acceptors (Lipinski definition) is 3. The molecule has 5 nitrogen and oxygen atoms in total. The second-order valence-electron chi connectivity index (χ2n) is 6.66. The SMILES string of the molecule is Cl.O=C(NCCNC(=O)C1CC2CCCCC2N1)c1ccc(Br)cc1. The van der Waals surface area contributed by atoms with Gasteiger partial charge in [-0.1, -0.05) is 28.8 Å². The van der Waals surface area contributed by atoms with Crippen LogP contribution >= 0.6 is 28.3 Å². The van der Waals surface area contributed by atoms with Gasteiger partial charge in [0.1, 0.15) is 0 Å². The van der Waals surface area contributed by atoms with Crippen molar-refractivity contribution in [1.82, 2.24) is 16.0 Å². The van der Waals surface area contributed by atoms with Crippen LogP contribution in [-0.4, -0.2) is 37.0 Å². The molecule has 2 aliphatic rings. The van der Waals surface area contributed by atoms with E-state index in [1.165, 1.54) is 25.7 Å². The summed E-state index contributed by atoms with van der Waals surface area (Å²) in [6.07, 6.45) is 5.94. The molecule has 1 aromatic carbocycles. The van der Waals surface area contributed by atoms with Crippen molar-refractivity contribution in [1.29, 1.82) is 0 Å². The summed E-state index contributed by atoms with van der Waals surface area (Å²) >= 11 is 3.34. The summed E-state index contributed by atoms with van der Waals surface area (Å²) in [4.78, 5) is 24.2. The predicted octanol–water partition coefficient (Wildman–Crippen LogP) is 2.64. The Morgan fingerprint density at radius 2 is 1.76 bits per heavy atom. The largest absolute Gasteiger partial charge is 0.353 e. The number of benzene rings is 1. The molecule has 138 valence electrons. The van der Waals surface area contributed by atoms with Crippen molar-refractivity contribution < 1.29 is 9.59 Å². The molecule has 0 spiro atoms. The summed E-state index contributed by atoms with van der Waals surface area (Å²) in [5.41, 5.74) is 0.617. The molecular formula is C18H25BrClN3O2. The topological polar surface area (TPSA) is 70.2 Å². The van der Waals surface area contributed by atoms with Crippen molar-refractivity contribution in [3.8, 4) is 0 Å². The van der Waals surface area contributed by atoms with E-state index in [2.05, 4.69) is 31.9 Å². The number of carbonyl (C=O) groups is 2. The minimum atomic E-state index is -0.123. The molecule has 0 radical (unpaired) electrons. The van der Waals surface area contributed by atoms with Gasteiger partial charge in [-0.05, 0) is 49.4 Å². The predicted molar refractivity (Wildman–Crippen MR) is 104 cm³/mol. The van der Waals surface area contributed by atoms with Crippen molar-refractivity contribution in [2.24, 2.45) is 5.92 Å². The first kappa shape index (κ1) is 20.2. The van der Waals surface area contributed by atoms with Crippen LogP contribution in [0.2, 0.25) is 0 Å². The highest BCUT2D eigenvalue weighted by molar-refractivity contribution is 9.10. The van der Waals surface area contributed by atoms with Crippen LogP contribution in [0.25, 0.3) is 0 Å². The Morgan fingerprint density at radius 3 is 2.48 bits per heavy atom. The Kier molecular flexibility index (Phi) is 7.72. The van der Waals surface area contributed by atoms with Gasteiger partial charge in [0.15, 0.2) is 0 Å². The van der Waals surface area contributed by atoms with Gasteiger partial charge in [-0.2, -0.15) is 0 Å². The van der Waals surface area contributed by atoms with Gasteiger partial charge in [-0.15, -0.1) is 12.4 Å². The van der Waals surface area contributed by atoms with Crippen LogP contribution in [0.4, 0.5) is 0 Å². The second kappa shape index (κ2) is 9.55. The molecule has 1 aromatic rings. The molecule has 1 aliphatic heterocycles. The molecule has 3 unspecified atom stereocenters. The fraction of sp³-hybridized carbons (Fsp3) is 0.556. The molecule has 1 saturated heterocycles. The van der Waals surface area contributed by atoms with Crippen LogP contribution in [0.15, 0.2) is 28.7 Å². The Labute approximate surface area is 163 Å². The third kappa shape index (κ3) is 5.43. The van der Waals surface area contributed by atoms with Crippen molar-refractivity contribution in [2.45, 2.75) is 44.2 Å². The molecule has 25 heavy (non-hydrogen) atoms. The fourth-order valence-corrected chi connectivity index (χ4v) is 3.97. The fourth-order valence-electron chi connectivity index (χ4n) is 3.71. The standard InChI is InChI=1S/C18H24BrN3O2.ClH/c19-14-7-5-12(6-8-14)17(23)20-9-10-21-18(24)16-11-13-3-1-2-4-15(13)22-16;/h5-8,13,15-16,22H,1-4,9-11H2,(H,20,23)(H,21,24);1H. The van der Waals surface area contributed by atoms with E-state index in [-0.39, 0.29) is 30.3 Å². The summed E-state index contributed by atoms with van der Waals surface area (Å²) in [6.45, 7) is 0.884. The third-order valence-corrected chi connectivity index (χ3v) is 5.52. The Hall–Kier alpha value is -1.11. The molecule has 7 heteroatoms. The first-order valence-corrected chi connectivity index (χ1v) is 9.50. The summed E-state index contributed by atoms with van der Waals surface area (Å²) in [6, 6.07) is 7.65. The monoisotopic (exact) mass is 429 g/mol. The van der Waals surface area contributed by atoms with E-state index in [4.69, 9.17) is 0 Å². The summed E-state index contributed by atoms with van der Waals surface area (Å²) in [7, 11) is 0. The lowest BCUT2D eigenvalue weighted by molar-refractivity contribution is -0.122. The highest BCUT2D eigenvalue weighted by Crippen LogP contribution is 2.33. The van der Waals surface area contributed by atoms with E-state index < -0.39 is 0 Å². The minimum absolute atomic E-state index is 0. The van der Waals surface area contributed by atoms with Gasteiger partial charge >= 0.3 is 0 Å². The van der Waals surface area contributed by atoms with E-state index in [9.17, 15) is 9.59 Å². The maximum atomic E-state index is 12.2. The number of rotatable bonds is 5. The molecule has 1 heterocycles. The zero-order valence-electron chi connectivity index (χ0n) is 14.1. The maximum absolute atomic E-state index is 12.2. The van der Waals surface area contributed by atoms with Gasteiger partial charge < -0.3 is 16.0 Å². The first-order chi connectivity index (χ1) is 11.6. The highest BCUT2D eigenvalue weighted by atomic mass is 79.9. The third-order valence-electron chi connectivity index (χ3n) is 5.00. The number of carbonyl (C=O) groups excluding carboxylic acids is 2. The van der Waals surface area contributed by atoms with Gasteiger partial charge in [0.25, 0.3) is 5.91 Å². The number of halogens is 2. The lowest BCUT2D eigenvalue weighted by Crippen LogP contribution is -2.45. The molecule has 0 bridgehead atoms. The second-order valence-corrected chi connectivity index (χ2v) is 7.58. The summed E-state index contributed by atoms with van der Waals surface area (Å²) < 4.78 is 0.941. The van der Waals surface area contributed by atoms with Crippen LogP contribution < -0.4 is 16.0 Å². The van der Waals surface area contributed by atoms with Crippen LogP contribution in [-0.2, 0) is 4.79 Å². The average molecular weight is 431 g/mol. The van der Waals surface area contributed by atoms with Gasteiger partial charge in [-0.3, -0.25) is 9.59 Å². The van der Waals surface area contributed by atoms with Crippen LogP contribution in [0.5, 0.6) is 0 Å². The summed E-state index contributed by atoms with van der Waals surface area (Å²) in [5.74, 6) is 0.593. The van der Waals surface area contributed by atoms with Crippen molar-refractivity contribution in [2.75, 3.05) is 13.1 Å². The molecule has 3 rings (SSSR count). The van der Waals surface area contributed by atoms with Gasteiger partial charge in [-0.25, -0.2) is 0 Å². The van der Waals surface area contributed by atoms with Gasteiger partial charge in [0.05, 0.1) is 6.04 Å². The van der Waals surface area contributed by atoms with Gasteiger partial charge in [0.2, 0.25) is 5.91 Å². The first-order valence-electron chi connectivity index (χ1n) is 8.71. The van der Waals surface area contributed by atoms with E-state index in [1.807, 2.05) is 12.1 Å². The Morgan fingerprint density at radius 1 is 1.08 bits per heavy atom. The summed E-state index contributed by atoms with van der Waals surface area (Å²) in [5, 5.41) is 9.22. The van der Waals surface area contributed by atoms with E-state index in [0.717, 1.165) is 10.9 Å². The zero-order valence-corrected chi connectivity index (χ0v) is 16.5. The zero-order chi connectivity index (χ0) is 16.9.